The van der Waals surface area contributed by atoms with Crippen molar-refractivity contribution in [1.29, 1.82) is 0 Å². The highest BCUT2D eigenvalue weighted by Gasteiger charge is 2.19. The minimum atomic E-state index is 0.799. The van der Waals surface area contributed by atoms with Gasteiger partial charge >= 0.3 is 0 Å². The van der Waals surface area contributed by atoms with Crippen LogP contribution >= 0.6 is 0 Å². The number of likely N-dealkylation sites (tertiary alicyclic amines) is 1. The molecule has 0 saturated carbocycles. The van der Waals surface area contributed by atoms with Gasteiger partial charge in [0.15, 0.2) is 0 Å². The molecule has 1 rings (SSSR count). The van der Waals surface area contributed by atoms with Gasteiger partial charge in [-0.15, -0.1) is 0 Å². The van der Waals surface area contributed by atoms with Crippen LogP contribution in [0, 0.1) is 0 Å². The van der Waals surface area contributed by atoms with Gasteiger partial charge in [-0.05, 0) is 54.1 Å². The Balaban J connectivity index is 1.99. The predicted octanol–water partition coefficient (Wildman–Crippen LogP) is 0.164. The molecule has 102 valence electrons. The lowest BCUT2D eigenvalue weighted by Crippen LogP contribution is -2.44. The van der Waals surface area contributed by atoms with Gasteiger partial charge in [-0.25, -0.2) is 0 Å². The fraction of sp³-hybridized carbons (Fsp3) is 1.00. The predicted molar refractivity (Wildman–Crippen MR) is 74.6 cm³/mol. The quantitative estimate of drug-likeness (QED) is 0.642. The number of piperidine rings is 1. The number of hydrogen-bond acceptors (Lipinski definition) is 4. The van der Waals surface area contributed by atoms with Gasteiger partial charge in [-0.1, -0.05) is 0 Å². The van der Waals surface area contributed by atoms with E-state index in [1.54, 1.807) is 0 Å². The van der Waals surface area contributed by atoms with E-state index in [-0.39, 0.29) is 0 Å². The number of rotatable bonds is 7. The summed E-state index contributed by atoms with van der Waals surface area (Å²) in [7, 11) is 8.63. The van der Waals surface area contributed by atoms with Crippen LogP contribution in [0.15, 0.2) is 0 Å². The molecule has 4 heteroatoms. The summed E-state index contributed by atoms with van der Waals surface area (Å²) in [5, 5.41) is 3.50. The largest absolute Gasteiger partial charge is 0.314 e. The highest BCUT2D eigenvalue weighted by atomic mass is 15.2. The third-order valence-corrected chi connectivity index (χ3v) is 3.63. The maximum Gasteiger partial charge on any atom is 0.0113 e. The van der Waals surface area contributed by atoms with Gasteiger partial charge < -0.3 is 20.0 Å². The van der Waals surface area contributed by atoms with Crippen molar-refractivity contribution in [2.75, 3.05) is 67.5 Å². The van der Waals surface area contributed by atoms with Crippen LogP contribution in [0.25, 0.3) is 0 Å². The van der Waals surface area contributed by atoms with E-state index in [2.05, 4.69) is 48.2 Å². The van der Waals surface area contributed by atoms with E-state index in [0.29, 0.717) is 0 Å². The van der Waals surface area contributed by atoms with Crippen LogP contribution in [0.2, 0.25) is 0 Å². The summed E-state index contributed by atoms with van der Waals surface area (Å²) in [6.45, 7) is 7.08. The number of nitrogens with zero attached hydrogens (tertiary/aromatic N) is 3. The van der Waals surface area contributed by atoms with Crippen LogP contribution in [0.4, 0.5) is 0 Å². The summed E-state index contributed by atoms with van der Waals surface area (Å²) in [5.74, 6) is 0. The number of likely N-dealkylation sites (N-methyl/N-ethyl adjacent to an activating group) is 1. The molecule has 0 atom stereocenters. The van der Waals surface area contributed by atoms with Crippen molar-refractivity contribution >= 4 is 0 Å². The first kappa shape index (κ1) is 14.9. The SMILES string of the molecule is CN(C)CCNCCN1CCC(N(C)C)CC1. The molecular formula is C13H30N4. The van der Waals surface area contributed by atoms with Crippen molar-refractivity contribution in [3.8, 4) is 0 Å². The van der Waals surface area contributed by atoms with Gasteiger partial charge in [0.1, 0.15) is 0 Å². The molecule has 0 amide bonds. The van der Waals surface area contributed by atoms with Crippen LogP contribution in [0.1, 0.15) is 12.8 Å². The molecule has 17 heavy (non-hydrogen) atoms. The van der Waals surface area contributed by atoms with Gasteiger partial charge in [0, 0.05) is 32.2 Å². The second-order valence-electron chi connectivity index (χ2n) is 5.59. The summed E-state index contributed by atoms with van der Waals surface area (Å²) in [6, 6.07) is 0.799. The van der Waals surface area contributed by atoms with Crippen LogP contribution in [-0.4, -0.2) is 88.2 Å². The molecule has 0 aliphatic carbocycles. The maximum absolute atomic E-state index is 3.50. The third kappa shape index (κ3) is 6.36. The smallest absolute Gasteiger partial charge is 0.0113 e. The Labute approximate surface area is 107 Å². The zero-order chi connectivity index (χ0) is 12.7. The van der Waals surface area contributed by atoms with E-state index in [0.717, 1.165) is 25.7 Å². The van der Waals surface area contributed by atoms with E-state index in [1.807, 2.05) is 0 Å². The van der Waals surface area contributed by atoms with Crippen LogP contribution in [0.3, 0.4) is 0 Å². The van der Waals surface area contributed by atoms with Crippen molar-refractivity contribution in [3.05, 3.63) is 0 Å². The molecule has 0 bridgehead atoms. The van der Waals surface area contributed by atoms with Crippen LogP contribution in [0.5, 0.6) is 0 Å². The van der Waals surface area contributed by atoms with Gasteiger partial charge in [0.2, 0.25) is 0 Å². The van der Waals surface area contributed by atoms with Gasteiger partial charge in [-0.2, -0.15) is 0 Å². The standard InChI is InChI=1S/C13H30N4/c1-15(2)11-7-14-8-12-17-9-5-13(6-10-17)16(3)4/h13-14H,5-12H2,1-4H3. The van der Waals surface area contributed by atoms with Crippen molar-refractivity contribution in [2.24, 2.45) is 0 Å². The molecule has 0 radical (unpaired) electrons. The first-order valence-electron chi connectivity index (χ1n) is 6.84. The molecule has 0 aromatic carbocycles. The fourth-order valence-corrected chi connectivity index (χ4v) is 2.32. The first-order chi connectivity index (χ1) is 8.09. The monoisotopic (exact) mass is 242 g/mol. The van der Waals surface area contributed by atoms with Crippen LogP contribution < -0.4 is 5.32 Å². The van der Waals surface area contributed by atoms with Gasteiger partial charge in [0.25, 0.3) is 0 Å². The van der Waals surface area contributed by atoms with Gasteiger partial charge in [0.05, 0.1) is 0 Å². The Morgan fingerprint density at radius 1 is 1.06 bits per heavy atom. The fourth-order valence-electron chi connectivity index (χ4n) is 2.32. The Bertz CT molecular complexity index is 186. The van der Waals surface area contributed by atoms with E-state index in [1.165, 1.54) is 32.5 Å². The van der Waals surface area contributed by atoms with Crippen molar-refractivity contribution in [3.63, 3.8) is 0 Å². The van der Waals surface area contributed by atoms with E-state index < -0.39 is 0 Å². The molecular weight excluding hydrogens is 212 g/mol. The molecule has 0 aromatic rings. The van der Waals surface area contributed by atoms with Crippen molar-refractivity contribution in [2.45, 2.75) is 18.9 Å². The summed E-state index contributed by atoms with van der Waals surface area (Å²) in [6.07, 6.45) is 2.65. The minimum Gasteiger partial charge on any atom is -0.314 e. The lowest BCUT2D eigenvalue weighted by atomic mass is 10.0. The molecule has 1 heterocycles. The molecule has 0 unspecified atom stereocenters. The minimum absolute atomic E-state index is 0.799. The average molecular weight is 242 g/mol. The highest BCUT2D eigenvalue weighted by Crippen LogP contribution is 2.13. The summed E-state index contributed by atoms with van der Waals surface area (Å²) in [5.41, 5.74) is 0. The summed E-state index contributed by atoms with van der Waals surface area (Å²) >= 11 is 0. The number of nitrogens with one attached hydrogen (secondary N) is 1. The van der Waals surface area contributed by atoms with Crippen molar-refractivity contribution < 1.29 is 0 Å². The molecule has 4 nitrogen and oxygen atoms in total. The second-order valence-corrected chi connectivity index (χ2v) is 5.59. The summed E-state index contributed by atoms with van der Waals surface area (Å²) in [4.78, 5) is 7.17. The Morgan fingerprint density at radius 2 is 1.71 bits per heavy atom. The molecule has 1 aliphatic rings. The van der Waals surface area contributed by atoms with Crippen LogP contribution in [-0.2, 0) is 0 Å². The Morgan fingerprint density at radius 3 is 2.24 bits per heavy atom. The zero-order valence-electron chi connectivity index (χ0n) is 12.1. The van der Waals surface area contributed by atoms with E-state index in [9.17, 15) is 0 Å². The zero-order valence-corrected chi connectivity index (χ0v) is 12.1. The Hall–Kier alpha value is -0.160. The topological polar surface area (TPSA) is 21.8 Å². The average Bonchev–Trinajstić information content (AvgIpc) is 2.29. The molecule has 1 aliphatic heterocycles. The third-order valence-electron chi connectivity index (χ3n) is 3.63. The maximum atomic E-state index is 3.50. The first-order valence-corrected chi connectivity index (χ1v) is 6.84. The molecule has 0 aromatic heterocycles. The van der Waals surface area contributed by atoms with E-state index in [4.69, 9.17) is 0 Å². The molecule has 1 N–H and O–H groups in total. The number of hydrogen-bond donors (Lipinski definition) is 1. The van der Waals surface area contributed by atoms with E-state index >= 15 is 0 Å². The molecule has 1 fully saturated rings. The van der Waals surface area contributed by atoms with Gasteiger partial charge in [-0.3, -0.25) is 0 Å². The highest BCUT2D eigenvalue weighted by molar-refractivity contribution is 4.77. The lowest BCUT2D eigenvalue weighted by molar-refractivity contribution is 0.145. The molecule has 0 spiro atoms. The normalized spacial score (nSPS) is 19.4. The summed E-state index contributed by atoms with van der Waals surface area (Å²) < 4.78 is 0. The molecule has 1 saturated heterocycles. The van der Waals surface area contributed by atoms with Crippen molar-refractivity contribution in [1.82, 2.24) is 20.0 Å². The Kier molecular flexibility index (Phi) is 7.04. The second kappa shape index (κ2) is 8.03. The lowest BCUT2D eigenvalue weighted by Gasteiger charge is -2.35.